The molecule has 1 fully saturated rings. The number of benzene rings is 1. The average molecular weight is 351 g/mol. The largest absolute Gasteiger partial charge is 0.336 e. The van der Waals surface area contributed by atoms with Crippen LogP contribution in [0.5, 0.6) is 0 Å². The maximum absolute atomic E-state index is 12.6. The van der Waals surface area contributed by atoms with E-state index in [0.717, 1.165) is 45.1 Å². The molecule has 26 heavy (non-hydrogen) atoms. The number of carbonyl (C=O) groups is 1. The van der Waals surface area contributed by atoms with E-state index in [0.29, 0.717) is 17.0 Å². The van der Waals surface area contributed by atoms with Gasteiger partial charge in [0.2, 0.25) is 0 Å². The Bertz CT molecular complexity index is 797. The fraction of sp³-hybridized carbons (Fsp3) is 0.450. The Hall–Kier alpha value is -2.65. The second-order valence-corrected chi connectivity index (χ2v) is 6.96. The number of amides is 1. The molecule has 6 nitrogen and oxygen atoms in total. The Morgan fingerprint density at radius 2 is 2.00 bits per heavy atom. The third-order valence-electron chi connectivity index (χ3n) is 4.82. The van der Waals surface area contributed by atoms with Gasteiger partial charge in [-0.25, -0.2) is 4.98 Å². The van der Waals surface area contributed by atoms with E-state index < -0.39 is 0 Å². The lowest BCUT2D eigenvalue weighted by molar-refractivity contribution is 0.0633. The number of imidazole rings is 1. The molecule has 136 valence electrons. The van der Waals surface area contributed by atoms with Gasteiger partial charge in [0.05, 0.1) is 11.6 Å². The van der Waals surface area contributed by atoms with Crippen molar-refractivity contribution in [3.8, 4) is 6.07 Å². The predicted molar refractivity (Wildman–Crippen MR) is 99.8 cm³/mol. The van der Waals surface area contributed by atoms with Crippen molar-refractivity contribution < 1.29 is 4.79 Å². The maximum atomic E-state index is 12.6. The molecule has 3 rings (SSSR count). The first kappa shape index (κ1) is 18.2. The molecule has 1 aliphatic heterocycles. The first-order chi connectivity index (χ1) is 12.6. The van der Waals surface area contributed by atoms with E-state index in [1.54, 1.807) is 24.3 Å². The molecule has 1 amide bonds. The molecule has 0 atom stereocenters. The minimum Gasteiger partial charge on any atom is -0.336 e. The number of carbonyl (C=O) groups excluding carboxylic acids is 1. The minimum absolute atomic E-state index is 0.0125. The number of nitriles is 1. The van der Waals surface area contributed by atoms with Crippen molar-refractivity contribution in [1.82, 2.24) is 19.4 Å². The van der Waals surface area contributed by atoms with Gasteiger partial charge in [0, 0.05) is 63.1 Å². The van der Waals surface area contributed by atoms with Crippen molar-refractivity contribution in [1.29, 1.82) is 5.26 Å². The highest BCUT2D eigenvalue weighted by Crippen LogP contribution is 2.13. The monoisotopic (exact) mass is 351 g/mol. The first-order valence-corrected chi connectivity index (χ1v) is 9.11. The van der Waals surface area contributed by atoms with Gasteiger partial charge in [-0.15, -0.1) is 0 Å². The quantitative estimate of drug-likeness (QED) is 0.829. The standard InChI is InChI=1S/C20H25N5O/c1-16(2)19-22-6-7-24(19)11-8-23-9-12-25(13-10-23)20(26)18-5-3-4-17(14-18)15-21/h3-7,14,16H,8-13H2,1-2H3. The third kappa shape index (κ3) is 4.12. The minimum atomic E-state index is 0.0125. The Labute approximate surface area is 154 Å². The Kier molecular flexibility index (Phi) is 5.69. The number of hydrogen-bond donors (Lipinski definition) is 0. The summed E-state index contributed by atoms with van der Waals surface area (Å²) in [6.45, 7) is 9.38. The molecule has 2 aromatic rings. The second kappa shape index (κ2) is 8.15. The predicted octanol–water partition coefficient (Wildman–Crippen LogP) is 2.34. The van der Waals surface area contributed by atoms with E-state index >= 15 is 0 Å². The van der Waals surface area contributed by atoms with E-state index in [4.69, 9.17) is 5.26 Å². The van der Waals surface area contributed by atoms with Crippen molar-refractivity contribution in [3.05, 3.63) is 53.6 Å². The van der Waals surface area contributed by atoms with Crippen LogP contribution in [0.2, 0.25) is 0 Å². The van der Waals surface area contributed by atoms with Gasteiger partial charge in [-0.2, -0.15) is 5.26 Å². The molecule has 0 spiro atoms. The molecule has 0 aliphatic carbocycles. The summed E-state index contributed by atoms with van der Waals surface area (Å²) in [5, 5.41) is 8.99. The van der Waals surface area contributed by atoms with Crippen molar-refractivity contribution in [2.24, 2.45) is 0 Å². The topological polar surface area (TPSA) is 65.2 Å². The normalized spacial score (nSPS) is 15.2. The van der Waals surface area contributed by atoms with Crippen LogP contribution in [-0.2, 0) is 6.54 Å². The fourth-order valence-corrected chi connectivity index (χ4v) is 3.34. The summed E-state index contributed by atoms with van der Waals surface area (Å²) in [6.07, 6.45) is 3.90. The second-order valence-electron chi connectivity index (χ2n) is 6.96. The summed E-state index contributed by atoms with van der Waals surface area (Å²) >= 11 is 0. The van der Waals surface area contributed by atoms with Crippen LogP contribution in [0.1, 0.15) is 41.5 Å². The molecular formula is C20H25N5O. The zero-order valence-corrected chi connectivity index (χ0v) is 15.4. The summed E-state index contributed by atoms with van der Waals surface area (Å²) < 4.78 is 2.22. The van der Waals surface area contributed by atoms with E-state index in [1.807, 2.05) is 17.3 Å². The SMILES string of the molecule is CC(C)c1nccn1CCN1CCN(C(=O)c2cccc(C#N)c2)CC1. The molecule has 0 radical (unpaired) electrons. The van der Waals surface area contributed by atoms with Crippen LogP contribution in [-0.4, -0.2) is 58.0 Å². The summed E-state index contributed by atoms with van der Waals surface area (Å²) in [4.78, 5) is 21.3. The number of rotatable bonds is 5. The molecule has 0 N–H and O–H groups in total. The highest BCUT2D eigenvalue weighted by Gasteiger charge is 2.22. The highest BCUT2D eigenvalue weighted by molar-refractivity contribution is 5.94. The molecule has 0 bridgehead atoms. The van der Waals surface area contributed by atoms with Gasteiger partial charge in [-0.1, -0.05) is 19.9 Å². The lowest BCUT2D eigenvalue weighted by atomic mass is 10.1. The van der Waals surface area contributed by atoms with Crippen LogP contribution in [0.4, 0.5) is 0 Å². The lowest BCUT2D eigenvalue weighted by Gasteiger charge is -2.35. The summed E-state index contributed by atoms with van der Waals surface area (Å²) in [6, 6.07) is 9.02. The van der Waals surface area contributed by atoms with E-state index in [1.165, 1.54) is 0 Å². The summed E-state index contributed by atoms with van der Waals surface area (Å²) in [5.74, 6) is 1.55. The molecule has 0 unspecified atom stereocenters. The van der Waals surface area contributed by atoms with Crippen LogP contribution in [0, 0.1) is 11.3 Å². The van der Waals surface area contributed by atoms with Crippen molar-refractivity contribution in [3.63, 3.8) is 0 Å². The average Bonchev–Trinajstić information content (AvgIpc) is 3.15. The number of nitrogens with zero attached hydrogens (tertiary/aromatic N) is 5. The highest BCUT2D eigenvalue weighted by atomic mass is 16.2. The van der Waals surface area contributed by atoms with Gasteiger partial charge >= 0.3 is 0 Å². The third-order valence-corrected chi connectivity index (χ3v) is 4.82. The van der Waals surface area contributed by atoms with Gasteiger partial charge in [0.15, 0.2) is 0 Å². The fourth-order valence-electron chi connectivity index (χ4n) is 3.34. The van der Waals surface area contributed by atoms with Crippen LogP contribution in [0.25, 0.3) is 0 Å². The zero-order valence-electron chi connectivity index (χ0n) is 15.4. The van der Waals surface area contributed by atoms with Gasteiger partial charge in [-0.05, 0) is 18.2 Å². The van der Waals surface area contributed by atoms with Crippen LogP contribution < -0.4 is 0 Å². The Balaban J connectivity index is 1.52. The number of hydrogen-bond acceptors (Lipinski definition) is 4. The molecule has 1 aromatic carbocycles. The lowest BCUT2D eigenvalue weighted by Crippen LogP contribution is -2.49. The molecule has 2 heterocycles. The van der Waals surface area contributed by atoms with Gasteiger partial charge in [0.25, 0.3) is 5.91 Å². The van der Waals surface area contributed by atoms with Gasteiger partial charge in [0.1, 0.15) is 5.82 Å². The van der Waals surface area contributed by atoms with E-state index in [-0.39, 0.29) is 5.91 Å². The van der Waals surface area contributed by atoms with E-state index in [9.17, 15) is 4.79 Å². The molecular weight excluding hydrogens is 326 g/mol. The number of piperazine rings is 1. The van der Waals surface area contributed by atoms with Crippen LogP contribution in [0.3, 0.4) is 0 Å². The van der Waals surface area contributed by atoms with Crippen molar-refractivity contribution in [2.45, 2.75) is 26.3 Å². The molecule has 1 aromatic heterocycles. The Morgan fingerprint density at radius 1 is 1.23 bits per heavy atom. The van der Waals surface area contributed by atoms with Crippen LogP contribution >= 0.6 is 0 Å². The summed E-state index contributed by atoms with van der Waals surface area (Å²) in [5.41, 5.74) is 1.12. The summed E-state index contributed by atoms with van der Waals surface area (Å²) in [7, 11) is 0. The van der Waals surface area contributed by atoms with Gasteiger partial charge in [-0.3, -0.25) is 9.69 Å². The van der Waals surface area contributed by atoms with Crippen molar-refractivity contribution in [2.75, 3.05) is 32.7 Å². The van der Waals surface area contributed by atoms with Gasteiger partial charge < -0.3 is 9.47 Å². The van der Waals surface area contributed by atoms with Crippen LogP contribution in [0.15, 0.2) is 36.7 Å². The molecule has 1 saturated heterocycles. The molecule has 6 heteroatoms. The maximum Gasteiger partial charge on any atom is 0.253 e. The Morgan fingerprint density at radius 3 is 2.69 bits per heavy atom. The zero-order chi connectivity index (χ0) is 18.5. The first-order valence-electron chi connectivity index (χ1n) is 9.11. The molecule has 0 saturated carbocycles. The number of aromatic nitrogens is 2. The molecule has 1 aliphatic rings. The smallest absolute Gasteiger partial charge is 0.253 e. The van der Waals surface area contributed by atoms with Crippen molar-refractivity contribution >= 4 is 5.91 Å². The van der Waals surface area contributed by atoms with E-state index in [2.05, 4.69) is 34.4 Å².